The molecule has 0 aromatic heterocycles. The number of hydrogen-bond acceptors (Lipinski definition) is 4. The van der Waals surface area contributed by atoms with E-state index in [0.29, 0.717) is 25.1 Å². The maximum Gasteiger partial charge on any atom is 0.220 e. The lowest BCUT2D eigenvalue weighted by Gasteiger charge is -2.16. The van der Waals surface area contributed by atoms with Crippen molar-refractivity contribution >= 4 is 22.8 Å². The minimum Gasteiger partial charge on any atom is -0.392 e. The average molecular weight is 303 g/mol. The Hall–Kier alpha value is -0.550. The van der Waals surface area contributed by atoms with Crippen LogP contribution in [0, 0.1) is 5.92 Å². The van der Waals surface area contributed by atoms with Gasteiger partial charge in [0.05, 0.1) is 12.0 Å². The van der Waals surface area contributed by atoms with Crippen molar-refractivity contribution in [1.29, 1.82) is 0 Å². The van der Waals surface area contributed by atoms with Crippen molar-refractivity contribution in [3.63, 3.8) is 0 Å². The van der Waals surface area contributed by atoms with Crippen LogP contribution in [0.15, 0.2) is 0 Å². The number of rotatable bonds is 11. The first-order valence-electron chi connectivity index (χ1n) is 7.64. The molecule has 4 nitrogen and oxygen atoms in total. The Labute approximate surface area is 127 Å². The van der Waals surface area contributed by atoms with E-state index < -0.39 is 6.10 Å². The molecule has 0 saturated carbocycles. The molecule has 0 aliphatic heterocycles. The fourth-order valence-corrected chi connectivity index (χ4v) is 2.63. The van der Waals surface area contributed by atoms with Gasteiger partial charge in [-0.05, 0) is 12.8 Å². The highest BCUT2D eigenvalue weighted by atomic mass is 32.2. The number of carbonyl (C=O) groups is 2. The van der Waals surface area contributed by atoms with Crippen LogP contribution in [-0.4, -0.2) is 34.5 Å². The van der Waals surface area contributed by atoms with E-state index in [-0.39, 0.29) is 16.9 Å². The van der Waals surface area contributed by atoms with Gasteiger partial charge in [-0.25, -0.2) is 0 Å². The van der Waals surface area contributed by atoms with Gasteiger partial charge < -0.3 is 10.4 Å². The van der Waals surface area contributed by atoms with Crippen molar-refractivity contribution in [2.24, 2.45) is 5.92 Å². The predicted molar refractivity (Wildman–Crippen MR) is 84.7 cm³/mol. The molecule has 2 atom stereocenters. The van der Waals surface area contributed by atoms with Crippen molar-refractivity contribution < 1.29 is 14.7 Å². The normalized spacial score (nSPS) is 13.8. The van der Waals surface area contributed by atoms with Crippen molar-refractivity contribution in [1.82, 2.24) is 5.32 Å². The number of carbonyl (C=O) groups excluding carboxylic acids is 2. The third-order valence-corrected chi connectivity index (χ3v) is 4.27. The fraction of sp³-hybridized carbons (Fsp3) is 0.867. The second-order valence-electron chi connectivity index (χ2n) is 5.12. The number of aliphatic hydroxyl groups is 1. The molecule has 0 spiro atoms. The van der Waals surface area contributed by atoms with Crippen LogP contribution in [0.4, 0.5) is 0 Å². The Morgan fingerprint density at radius 2 is 1.90 bits per heavy atom. The zero-order valence-electron chi connectivity index (χ0n) is 13.0. The molecule has 0 aromatic rings. The van der Waals surface area contributed by atoms with Crippen molar-refractivity contribution in [2.45, 2.75) is 65.4 Å². The van der Waals surface area contributed by atoms with Crippen LogP contribution in [0.1, 0.15) is 59.3 Å². The van der Waals surface area contributed by atoms with Gasteiger partial charge in [-0.1, -0.05) is 51.8 Å². The third-order valence-electron chi connectivity index (χ3n) is 3.21. The van der Waals surface area contributed by atoms with Crippen LogP contribution in [0.2, 0.25) is 0 Å². The van der Waals surface area contributed by atoms with Crippen LogP contribution in [0.25, 0.3) is 0 Å². The standard InChI is InChI=1S/C15H29NO3S/c1-4-6-7-9-14(18)16-10-11-20-15(19)12(3)13(17)8-5-2/h12-13,17H,4-11H2,1-3H3,(H,16,18)/t12?,13-/m1/s1. The molecule has 0 rings (SSSR count). The molecule has 2 N–H and O–H groups in total. The molecule has 0 saturated heterocycles. The monoisotopic (exact) mass is 303 g/mol. The third kappa shape index (κ3) is 9.37. The first kappa shape index (κ1) is 19.4. The second-order valence-corrected chi connectivity index (χ2v) is 6.22. The van der Waals surface area contributed by atoms with Gasteiger partial charge in [0.2, 0.25) is 5.91 Å². The van der Waals surface area contributed by atoms with E-state index in [2.05, 4.69) is 12.2 Å². The van der Waals surface area contributed by atoms with Gasteiger partial charge in [-0.2, -0.15) is 0 Å². The zero-order chi connectivity index (χ0) is 15.4. The number of aliphatic hydroxyl groups excluding tert-OH is 1. The molecule has 5 heteroatoms. The number of thioether (sulfide) groups is 1. The molecule has 1 amide bonds. The van der Waals surface area contributed by atoms with E-state index >= 15 is 0 Å². The second kappa shape index (κ2) is 12.2. The number of hydrogen-bond donors (Lipinski definition) is 2. The minimum absolute atomic E-state index is 0.00572. The maximum atomic E-state index is 11.8. The Morgan fingerprint density at radius 3 is 2.50 bits per heavy atom. The quantitative estimate of drug-likeness (QED) is 0.576. The van der Waals surface area contributed by atoms with Gasteiger partial charge in [0.25, 0.3) is 0 Å². The molecule has 0 heterocycles. The highest BCUT2D eigenvalue weighted by molar-refractivity contribution is 8.13. The van der Waals surface area contributed by atoms with Crippen LogP contribution < -0.4 is 5.32 Å². The molecule has 118 valence electrons. The summed E-state index contributed by atoms with van der Waals surface area (Å²) >= 11 is 1.20. The summed E-state index contributed by atoms with van der Waals surface area (Å²) in [5, 5.41) is 12.6. The van der Waals surface area contributed by atoms with Crippen molar-refractivity contribution in [3.8, 4) is 0 Å². The van der Waals surface area contributed by atoms with Gasteiger partial charge in [0.1, 0.15) is 0 Å². The van der Waals surface area contributed by atoms with E-state index in [4.69, 9.17) is 0 Å². The van der Waals surface area contributed by atoms with Crippen LogP contribution in [-0.2, 0) is 9.59 Å². The summed E-state index contributed by atoms with van der Waals surface area (Å²) in [5.74, 6) is 0.299. The summed E-state index contributed by atoms with van der Waals surface area (Å²) in [5.41, 5.74) is 0. The van der Waals surface area contributed by atoms with E-state index in [1.54, 1.807) is 6.92 Å². The minimum atomic E-state index is -0.552. The van der Waals surface area contributed by atoms with E-state index in [1.165, 1.54) is 11.8 Å². The molecule has 1 unspecified atom stereocenters. The lowest BCUT2D eigenvalue weighted by atomic mass is 10.0. The first-order chi connectivity index (χ1) is 9.52. The van der Waals surface area contributed by atoms with Crippen molar-refractivity contribution in [3.05, 3.63) is 0 Å². The fourth-order valence-electron chi connectivity index (χ4n) is 1.80. The van der Waals surface area contributed by atoms with Crippen LogP contribution in [0.3, 0.4) is 0 Å². The maximum absolute atomic E-state index is 11.8. The Morgan fingerprint density at radius 1 is 1.20 bits per heavy atom. The highest BCUT2D eigenvalue weighted by Gasteiger charge is 2.21. The van der Waals surface area contributed by atoms with E-state index in [0.717, 1.165) is 25.7 Å². The molecule has 0 aromatic carbocycles. The highest BCUT2D eigenvalue weighted by Crippen LogP contribution is 2.17. The summed E-state index contributed by atoms with van der Waals surface area (Å²) in [6, 6.07) is 0. The molecule has 0 bridgehead atoms. The lowest BCUT2D eigenvalue weighted by molar-refractivity contribution is -0.121. The summed E-state index contributed by atoms with van der Waals surface area (Å²) in [7, 11) is 0. The SMILES string of the molecule is CCCCCC(=O)NCCSC(=O)C(C)[C@H](O)CCC. The Balaban J connectivity index is 3.68. The van der Waals surface area contributed by atoms with Gasteiger partial charge in [-0.3, -0.25) is 9.59 Å². The smallest absolute Gasteiger partial charge is 0.220 e. The lowest BCUT2D eigenvalue weighted by Crippen LogP contribution is -2.27. The summed E-state index contributed by atoms with van der Waals surface area (Å²) in [6.07, 6.45) is 4.65. The molecule has 20 heavy (non-hydrogen) atoms. The van der Waals surface area contributed by atoms with Gasteiger partial charge >= 0.3 is 0 Å². The number of amides is 1. The predicted octanol–water partition coefficient (Wildman–Crippen LogP) is 2.74. The molecule has 0 fully saturated rings. The zero-order valence-corrected chi connectivity index (χ0v) is 13.8. The van der Waals surface area contributed by atoms with Crippen LogP contribution in [0.5, 0.6) is 0 Å². The van der Waals surface area contributed by atoms with E-state index in [9.17, 15) is 14.7 Å². The average Bonchev–Trinajstić information content (AvgIpc) is 2.43. The van der Waals surface area contributed by atoms with Crippen LogP contribution >= 0.6 is 11.8 Å². The first-order valence-corrected chi connectivity index (χ1v) is 8.62. The van der Waals surface area contributed by atoms with Crippen molar-refractivity contribution in [2.75, 3.05) is 12.3 Å². The molecule has 0 radical (unpaired) electrons. The van der Waals surface area contributed by atoms with Gasteiger partial charge in [0.15, 0.2) is 5.12 Å². The molecule has 0 aliphatic carbocycles. The summed E-state index contributed by atoms with van der Waals surface area (Å²) in [4.78, 5) is 23.2. The molecular formula is C15H29NO3S. The molecular weight excluding hydrogens is 274 g/mol. The number of nitrogens with one attached hydrogen (secondary N) is 1. The Kier molecular flexibility index (Phi) is 11.9. The molecule has 0 aliphatic rings. The summed E-state index contributed by atoms with van der Waals surface area (Å²) in [6.45, 7) is 6.37. The summed E-state index contributed by atoms with van der Waals surface area (Å²) < 4.78 is 0. The van der Waals surface area contributed by atoms with Gasteiger partial charge in [-0.15, -0.1) is 0 Å². The Bertz CT molecular complexity index is 284. The van der Waals surface area contributed by atoms with Gasteiger partial charge in [0, 0.05) is 18.7 Å². The van der Waals surface area contributed by atoms with E-state index in [1.807, 2.05) is 6.92 Å². The number of unbranched alkanes of at least 4 members (excludes halogenated alkanes) is 2. The largest absolute Gasteiger partial charge is 0.392 e. The topological polar surface area (TPSA) is 66.4 Å².